The van der Waals surface area contributed by atoms with Crippen LogP contribution < -0.4 is 0 Å². The number of rotatable bonds is 2. The van der Waals surface area contributed by atoms with E-state index in [9.17, 15) is 13.2 Å². The standard InChI is InChI=1S/C8H11NO3S/c1-4-7-5-9(13(3,11)12)8(10)6(7)2/h4H,1,5H2,2-3H3. The van der Waals surface area contributed by atoms with Crippen molar-refractivity contribution in [2.75, 3.05) is 12.8 Å². The summed E-state index contributed by atoms with van der Waals surface area (Å²) >= 11 is 0. The molecule has 0 atom stereocenters. The number of hydrogen-bond donors (Lipinski definition) is 0. The maximum absolute atomic E-state index is 11.4. The molecule has 0 unspecified atom stereocenters. The molecule has 1 aliphatic rings. The zero-order valence-corrected chi connectivity index (χ0v) is 8.39. The van der Waals surface area contributed by atoms with Gasteiger partial charge in [0.05, 0.1) is 12.8 Å². The van der Waals surface area contributed by atoms with Gasteiger partial charge >= 0.3 is 0 Å². The first-order chi connectivity index (χ1) is 5.88. The zero-order valence-electron chi connectivity index (χ0n) is 7.57. The van der Waals surface area contributed by atoms with Crippen LogP contribution in [0.15, 0.2) is 23.8 Å². The van der Waals surface area contributed by atoms with E-state index < -0.39 is 15.9 Å². The van der Waals surface area contributed by atoms with Crippen molar-refractivity contribution >= 4 is 15.9 Å². The van der Waals surface area contributed by atoms with Gasteiger partial charge in [0.2, 0.25) is 10.0 Å². The van der Waals surface area contributed by atoms with E-state index in [2.05, 4.69) is 6.58 Å². The largest absolute Gasteiger partial charge is 0.268 e. The van der Waals surface area contributed by atoms with Crippen molar-refractivity contribution in [3.8, 4) is 0 Å². The Kier molecular flexibility index (Phi) is 2.30. The van der Waals surface area contributed by atoms with E-state index in [0.29, 0.717) is 11.1 Å². The lowest BCUT2D eigenvalue weighted by atomic mass is 10.2. The molecule has 0 radical (unpaired) electrons. The molecule has 1 aliphatic heterocycles. The molecule has 0 spiro atoms. The number of nitrogens with zero attached hydrogens (tertiary/aromatic N) is 1. The molecule has 4 nitrogen and oxygen atoms in total. The summed E-state index contributed by atoms with van der Waals surface area (Å²) in [6.07, 6.45) is 2.53. The van der Waals surface area contributed by atoms with Crippen LogP contribution in [0.5, 0.6) is 0 Å². The van der Waals surface area contributed by atoms with Gasteiger partial charge in [0, 0.05) is 5.57 Å². The second kappa shape index (κ2) is 2.99. The summed E-state index contributed by atoms with van der Waals surface area (Å²) in [5.74, 6) is -0.447. The summed E-state index contributed by atoms with van der Waals surface area (Å²) in [5.41, 5.74) is 1.14. The predicted molar refractivity (Wildman–Crippen MR) is 49.5 cm³/mol. The Morgan fingerprint density at radius 3 is 2.31 bits per heavy atom. The van der Waals surface area contributed by atoms with Crippen LogP contribution in [0.25, 0.3) is 0 Å². The third-order valence-corrected chi connectivity index (χ3v) is 3.09. The molecule has 72 valence electrons. The molecular formula is C8H11NO3S. The topological polar surface area (TPSA) is 54.5 Å². The van der Waals surface area contributed by atoms with E-state index in [1.54, 1.807) is 6.92 Å². The van der Waals surface area contributed by atoms with E-state index in [-0.39, 0.29) is 6.54 Å². The third-order valence-electron chi connectivity index (χ3n) is 1.99. The van der Waals surface area contributed by atoms with Crippen LogP contribution in [0.4, 0.5) is 0 Å². The monoisotopic (exact) mass is 201 g/mol. The number of sulfonamides is 1. The zero-order chi connectivity index (χ0) is 10.2. The van der Waals surface area contributed by atoms with Crippen LogP contribution in [0.1, 0.15) is 6.92 Å². The Balaban J connectivity index is 3.08. The molecule has 0 aliphatic carbocycles. The Labute approximate surface area is 77.6 Å². The summed E-state index contributed by atoms with van der Waals surface area (Å²) in [6, 6.07) is 0. The molecule has 0 aromatic carbocycles. The van der Waals surface area contributed by atoms with Crippen molar-refractivity contribution in [1.29, 1.82) is 0 Å². The maximum Gasteiger partial charge on any atom is 0.263 e. The highest BCUT2D eigenvalue weighted by atomic mass is 32.2. The first kappa shape index (κ1) is 9.98. The molecule has 0 aromatic rings. The second-order valence-electron chi connectivity index (χ2n) is 2.93. The first-order valence-corrected chi connectivity index (χ1v) is 5.57. The lowest BCUT2D eigenvalue weighted by Gasteiger charge is -2.12. The molecule has 13 heavy (non-hydrogen) atoms. The van der Waals surface area contributed by atoms with Gasteiger partial charge in [0.15, 0.2) is 0 Å². The lowest BCUT2D eigenvalue weighted by molar-refractivity contribution is -0.121. The summed E-state index contributed by atoms with van der Waals surface area (Å²) in [7, 11) is -3.43. The number of amides is 1. The van der Waals surface area contributed by atoms with Crippen LogP contribution in [0.3, 0.4) is 0 Å². The Morgan fingerprint density at radius 1 is 1.54 bits per heavy atom. The number of hydrogen-bond acceptors (Lipinski definition) is 3. The molecule has 0 saturated heterocycles. The highest BCUT2D eigenvalue weighted by molar-refractivity contribution is 7.88. The van der Waals surface area contributed by atoms with Gasteiger partial charge < -0.3 is 0 Å². The van der Waals surface area contributed by atoms with Gasteiger partial charge in [-0.3, -0.25) is 4.79 Å². The Hall–Kier alpha value is -1.10. The van der Waals surface area contributed by atoms with E-state index in [1.807, 2.05) is 0 Å². The Morgan fingerprint density at radius 2 is 2.08 bits per heavy atom. The lowest BCUT2D eigenvalue weighted by Crippen LogP contribution is -2.32. The van der Waals surface area contributed by atoms with Gasteiger partial charge in [-0.05, 0) is 12.5 Å². The maximum atomic E-state index is 11.4. The minimum atomic E-state index is -3.43. The first-order valence-electron chi connectivity index (χ1n) is 3.72. The average molecular weight is 201 g/mol. The summed E-state index contributed by atoms with van der Waals surface area (Å²) in [4.78, 5) is 11.4. The molecule has 1 amide bonds. The third kappa shape index (κ3) is 1.65. The fourth-order valence-corrected chi connectivity index (χ4v) is 1.97. The summed E-state index contributed by atoms with van der Waals surface area (Å²) < 4.78 is 23.0. The van der Waals surface area contributed by atoms with Crippen LogP contribution in [0, 0.1) is 0 Å². The fraction of sp³-hybridized carbons (Fsp3) is 0.375. The summed E-state index contributed by atoms with van der Waals surface area (Å²) in [6.45, 7) is 5.23. The molecule has 0 aromatic heterocycles. The molecule has 0 N–H and O–H groups in total. The van der Waals surface area contributed by atoms with Gasteiger partial charge in [0.1, 0.15) is 0 Å². The van der Waals surface area contributed by atoms with Gasteiger partial charge in [-0.2, -0.15) is 0 Å². The highest BCUT2D eigenvalue weighted by Crippen LogP contribution is 2.21. The molecule has 0 fully saturated rings. The van der Waals surface area contributed by atoms with E-state index in [1.165, 1.54) is 6.08 Å². The van der Waals surface area contributed by atoms with Crippen molar-refractivity contribution in [2.24, 2.45) is 0 Å². The van der Waals surface area contributed by atoms with Crippen molar-refractivity contribution in [2.45, 2.75) is 6.92 Å². The van der Waals surface area contributed by atoms with Gasteiger partial charge in [0.25, 0.3) is 5.91 Å². The predicted octanol–water partition coefficient (Wildman–Crippen LogP) is 0.291. The van der Waals surface area contributed by atoms with Gasteiger partial charge in [-0.15, -0.1) is 0 Å². The van der Waals surface area contributed by atoms with E-state index in [0.717, 1.165) is 10.6 Å². The second-order valence-corrected chi connectivity index (χ2v) is 4.84. The van der Waals surface area contributed by atoms with Crippen LogP contribution in [-0.4, -0.2) is 31.4 Å². The number of carbonyl (C=O) groups excluding carboxylic acids is 1. The van der Waals surface area contributed by atoms with Gasteiger partial charge in [-0.25, -0.2) is 12.7 Å². The van der Waals surface area contributed by atoms with Crippen LogP contribution in [0.2, 0.25) is 0 Å². The van der Waals surface area contributed by atoms with Crippen molar-refractivity contribution in [3.63, 3.8) is 0 Å². The SMILES string of the molecule is C=CC1=C(C)C(=O)N(S(C)(=O)=O)C1. The van der Waals surface area contributed by atoms with E-state index >= 15 is 0 Å². The molecular weight excluding hydrogens is 190 g/mol. The van der Waals surface area contributed by atoms with Crippen molar-refractivity contribution in [1.82, 2.24) is 4.31 Å². The minimum Gasteiger partial charge on any atom is -0.268 e. The highest BCUT2D eigenvalue weighted by Gasteiger charge is 2.31. The molecule has 0 saturated carbocycles. The molecule has 1 rings (SSSR count). The van der Waals surface area contributed by atoms with Crippen LogP contribution in [-0.2, 0) is 14.8 Å². The average Bonchev–Trinajstić information content (AvgIpc) is 2.28. The summed E-state index contributed by atoms with van der Waals surface area (Å²) in [5, 5.41) is 0. The smallest absolute Gasteiger partial charge is 0.263 e. The molecule has 5 heteroatoms. The quantitative estimate of drug-likeness (QED) is 0.645. The Bertz CT molecular complexity index is 392. The van der Waals surface area contributed by atoms with E-state index in [4.69, 9.17) is 0 Å². The fourth-order valence-electron chi connectivity index (χ4n) is 1.16. The van der Waals surface area contributed by atoms with Crippen molar-refractivity contribution in [3.05, 3.63) is 23.8 Å². The van der Waals surface area contributed by atoms with Crippen LogP contribution >= 0.6 is 0 Å². The minimum absolute atomic E-state index is 0.118. The normalized spacial score (nSPS) is 18.3. The molecule has 0 bridgehead atoms. The van der Waals surface area contributed by atoms with Gasteiger partial charge in [-0.1, -0.05) is 12.7 Å². The van der Waals surface area contributed by atoms with Crippen molar-refractivity contribution < 1.29 is 13.2 Å². The number of carbonyl (C=O) groups is 1. The molecule has 1 heterocycles.